The molecule has 0 radical (unpaired) electrons. The third kappa shape index (κ3) is 6.17. The Morgan fingerprint density at radius 2 is 1.86 bits per heavy atom. The Kier molecular flexibility index (Phi) is 6.69. The Morgan fingerprint density at radius 3 is 2.38 bits per heavy atom. The highest BCUT2D eigenvalue weighted by Crippen LogP contribution is 2.24. The Labute approximate surface area is 128 Å². The van der Waals surface area contributed by atoms with Crippen molar-refractivity contribution in [3.63, 3.8) is 0 Å². The molecule has 3 N–H and O–H groups in total. The van der Waals surface area contributed by atoms with Gasteiger partial charge in [-0.2, -0.15) is 0 Å². The van der Waals surface area contributed by atoms with Gasteiger partial charge in [-0.25, -0.2) is 0 Å². The van der Waals surface area contributed by atoms with E-state index in [0.29, 0.717) is 18.8 Å². The van der Waals surface area contributed by atoms with Gasteiger partial charge in [-0.3, -0.25) is 4.79 Å². The lowest BCUT2D eigenvalue weighted by Crippen LogP contribution is -2.36. The van der Waals surface area contributed by atoms with E-state index < -0.39 is 6.10 Å². The molecule has 0 aliphatic heterocycles. The summed E-state index contributed by atoms with van der Waals surface area (Å²) in [5.41, 5.74) is 6.77. The van der Waals surface area contributed by atoms with Crippen LogP contribution >= 0.6 is 0 Å². The van der Waals surface area contributed by atoms with Crippen LogP contribution in [0.4, 0.5) is 0 Å². The van der Waals surface area contributed by atoms with Gasteiger partial charge in [-0.05, 0) is 49.4 Å². The van der Waals surface area contributed by atoms with Crippen molar-refractivity contribution in [3.8, 4) is 5.75 Å². The molecular weight excluding hydrogens is 264 g/mol. The van der Waals surface area contributed by atoms with Crippen LogP contribution in [0.1, 0.15) is 46.1 Å². The van der Waals surface area contributed by atoms with E-state index in [-0.39, 0.29) is 11.3 Å². The molecule has 0 bridgehead atoms. The minimum atomic E-state index is -0.497. The Bertz CT molecular complexity index is 435. The highest BCUT2D eigenvalue weighted by Gasteiger charge is 2.16. The number of nitrogens with two attached hydrogens (primary N) is 1. The van der Waals surface area contributed by atoms with Gasteiger partial charge in [0.1, 0.15) is 5.75 Å². The van der Waals surface area contributed by atoms with E-state index >= 15 is 0 Å². The van der Waals surface area contributed by atoms with Gasteiger partial charge in [0, 0.05) is 6.54 Å². The van der Waals surface area contributed by atoms with Crippen molar-refractivity contribution in [1.82, 2.24) is 5.32 Å². The SMILES string of the molecule is CC(Oc1ccc(C(C)(C)C)cc1)C(=O)NCCCCN. The van der Waals surface area contributed by atoms with Crippen LogP contribution in [-0.2, 0) is 10.2 Å². The molecule has 0 heterocycles. The average Bonchev–Trinajstić information content (AvgIpc) is 2.43. The Balaban J connectivity index is 2.47. The molecule has 0 fully saturated rings. The molecule has 1 rings (SSSR count). The number of benzene rings is 1. The lowest BCUT2D eigenvalue weighted by molar-refractivity contribution is -0.127. The minimum Gasteiger partial charge on any atom is -0.481 e. The van der Waals surface area contributed by atoms with E-state index in [0.717, 1.165) is 12.8 Å². The predicted molar refractivity (Wildman–Crippen MR) is 86.5 cm³/mol. The number of ether oxygens (including phenoxy) is 1. The van der Waals surface area contributed by atoms with Gasteiger partial charge in [0.25, 0.3) is 5.91 Å². The summed E-state index contributed by atoms with van der Waals surface area (Å²) in [6, 6.07) is 7.92. The standard InChI is InChI=1S/C17H28N2O2/c1-13(16(20)19-12-6-5-11-18)21-15-9-7-14(8-10-15)17(2,3)4/h7-10,13H,5-6,11-12,18H2,1-4H3,(H,19,20). The zero-order valence-electron chi connectivity index (χ0n) is 13.6. The molecule has 21 heavy (non-hydrogen) atoms. The van der Waals surface area contributed by atoms with E-state index in [1.165, 1.54) is 5.56 Å². The van der Waals surface area contributed by atoms with Gasteiger partial charge in [0.2, 0.25) is 0 Å². The molecule has 0 saturated carbocycles. The number of carbonyl (C=O) groups excluding carboxylic acids is 1. The zero-order valence-corrected chi connectivity index (χ0v) is 13.6. The molecule has 1 unspecified atom stereocenters. The molecule has 0 spiro atoms. The molecule has 1 aromatic carbocycles. The normalized spacial score (nSPS) is 12.8. The number of nitrogens with one attached hydrogen (secondary N) is 1. The molecule has 118 valence electrons. The summed E-state index contributed by atoms with van der Waals surface area (Å²) in [6.07, 6.45) is 1.32. The van der Waals surface area contributed by atoms with Crippen molar-refractivity contribution >= 4 is 5.91 Å². The summed E-state index contributed by atoms with van der Waals surface area (Å²) in [7, 11) is 0. The molecule has 1 amide bonds. The van der Waals surface area contributed by atoms with Gasteiger partial charge >= 0.3 is 0 Å². The third-order valence-corrected chi connectivity index (χ3v) is 3.33. The number of carbonyl (C=O) groups is 1. The summed E-state index contributed by atoms with van der Waals surface area (Å²) in [6.45, 7) is 9.56. The molecule has 1 aromatic rings. The molecular formula is C17H28N2O2. The van der Waals surface area contributed by atoms with Crippen molar-refractivity contribution in [2.24, 2.45) is 5.73 Å². The van der Waals surface area contributed by atoms with Crippen LogP contribution in [0.3, 0.4) is 0 Å². The molecule has 0 aliphatic carbocycles. The van der Waals surface area contributed by atoms with Crippen LogP contribution in [0.5, 0.6) is 5.75 Å². The van der Waals surface area contributed by atoms with E-state index in [9.17, 15) is 4.79 Å². The predicted octanol–water partition coefficient (Wildman–Crippen LogP) is 2.61. The summed E-state index contributed by atoms with van der Waals surface area (Å²) in [4.78, 5) is 11.9. The highest BCUT2D eigenvalue weighted by atomic mass is 16.5. The Morgan fingerprint density at radius 1 is 1.24 bits per heavy atom. The first-order valence-corrected chi connectivity index (χ1v) is 7.59. The second-order valence-corrected chi connectivity index (χ2v) is 6.32. The van der Waals surface area contributed by atoms with Crippen molar-refractivity contribution in [2.75, 3.05) is 13.1 Å². The summed E-state index contributed by atoms with van der Waals surface area (Å²) >= 11 is 0. The van der Waals surface area contributed by atoms with Crippen LogP contribution in [-0.4, -0.2) is 25.1 Å². The second-order valence-electron chi connectivity index (χ2n) is 6.32. The number of amides is 1. The van der Waals surface area contributed by atoms with Crippen LogP contribution < -0.4 is 15.8 Å². The number of hydrogen-bond acceptors (Lipinski definition) is 3. The number of unbranched alkanes of at least 4 members (excludes halogenated alkanes) is 1. The van der Waals surface area contributed by atoms with E-state index in [1.54, 1.807) is 6.92 Å². The molecule has 0 saturated heterocycles. The monoisotopic (exact) mass is 292 g/mol. The fourth-order valence-electron chi connectivity index (χ4n) is 1.92. The number of rotatable bonds is 7. The fraction of sp³-hybridized carbons (Fsp3) is 0.588. The first-order chi connectivity index (χ1) is 9.84. The van der Waals surface area contributed by atoms with Crippen molar-refractivity contribution in [1.29, 1.82) is 0 Å². The molecule has 0 aliphatic rings. The van der Waals surface area contributed by atoms with Crippen molar-refractivity contribution < 1.29 is 9.53 Å². The maximum absolute atomic E-state index is 11.9. The molecule has 4 nitrogen and oxygen atoms in total. The maximum Gasteiger partial charge on any atom is 0.260 e. The van der Waals surface area contributed by atoms with Crippen LogP contribution in [0, 0.1) is 0 Å². The van der Waals surface area contributed by atoms with E-state index in [1.807, 2.05) is 24.3 Å². The van der Waals surface area contributed by atoms with Gasteiger partial charge in [-0.15, -0.1) is 0 Å². The molecule has 0 aromatic heterocycles. The van der Waals surface area contributed by atoms with Gasteiger partial charge in [0.05, 0.1) is 0 Å². The van der Waals surface area contributed by atoms with E-state index in [4.69, 9.17) is 10.5 Å². The molecule has 4 heteroatoms. The lowest BCUT2D eigenvalue weighted by Gasteiger charge is -2.20. The van der Waals surface area contributed by atoms with Crippen LogP contribution in [0.15, 0.2) is 24.3 Å². The summed E-state index contributed by atoms with van der Waals surface area (Å²) < 4.78 is 5.66. The van der Waals surface area contributed by atoms with Crippen molar-refractivity contribution in [3.05, 3.63) is 29.8 Å². The van der Waals surface area contributed by atoms with E-state index in [2.05, 4.69) is 26.1 Å². The minimum absolute atomic E-state index is 0.0908. The average molecular weight is 292 g/mol. The quantitative estimate of drug-likeness (QED) is 0.759. The first-order valence-electron chi connectivity index (χ1n) is 7.59. The fourth-order valence-corrected chi connectivity index (χ4v) is 1.92. The maximum atomic E-state index is 11.9. The summed E-state index contributed by atoms with van der Waals surface area (Å²) in [5.74, 6) is 0.625. The largest absolute Gasteiger partial charge is 0.481 e. The third-order valence-electron chi connectivity index (χ3n) is 3.33. The summed E-state index contributed by atoms with van der Waals surface area (Å²) in [5, 5.41) is 2.85. The van der Waals surface area contributed by atoms with Crippen LogP contribution in [0.25, 0.3) is 0 Å². The molecule has 1 atom stereocenters. The Hall–Kier alpha value is -1.55. The number of hydrogen-bond donors (Lipinski definition) is 2. The second kappa shape index (κ2) is 8.03. The smallest absolute Gasteiger partial charge is 0.260 e. The topological polar surface area (TPSA) is 64.3 Å². The zero-order chi connectivity index (χ0) is 15.9. The van der Waals surface area contributed by atoms with Crippen LogP contribution in [0.2, 0.25) is 0 Å². The highest BCUT2D eigenvalue weighted by molar-refractivity contribution is 5.80. The van der Waals surface area contributed by atoms with Gasteiger partial charge in [0.15, 0.2) is 6.10 Å². The lowest BCUT2D eigenvalue weighted by atomic mass is 9.87. The van der Waals surface area contributed by atoms with Gasteiger partial charge < -0.3 is 15.8 Å². The first kappa shape index (κ1) is 17.5. The van der Waals surface area contributed by atoms with Gasteiger partial charge in [-0.1, -0.05) is 32.9 Å². The van der Waals surface area contributed by atoms with Crippen molar-refractivity contribution in [2.45, 2.75) is 52.1 Å².